The molecular formula is C21H17F3N6O3. The Hall–Kier alpha value is -3.64. The van der Waals surface area contributed by atoms with Crippen LogP contribution in [0.25, 0.3) is 33.4 Å². The Labute approximate surface area is 183 Å². The zero-order chi connectivity index (χ0) is 23.3. The molecule has 5 rings (SSSR count). The van der Waals surface area contributed by atoms with E-state index in [9.17, 15) is 23.1 Å². The minimum absolute atomic E-state index is 0.105. The van der Waals surface area contributed by atoms with Gasteiger partial charge in [0.25, 0.3) is 5.56 Å². The third-order valence-electron chi connectivity index (χ3n) is 5.58. The number of hydrogen-bond acceptors (Lipinski definition) is 7. The van der Waals surface area contributed by atoms with Crippen molar-refractivity contribution in [3.63, 3.8) is 0 Å². The average Bonchev–Trinajstić information content (AvgIpc) is 3.41. The molecule has 4 aromatic rings. The van der Waals surface area contributed by atoms with Crippen molar-refractivity contribution in [1.29, 1.82) is 0 Å². The van der Waals surface area contributed by atoms with Crippen molar-refractivity contribution in [3.05, 3.63) is 58.7 Å². The van der Waals surface area contributed by atoms with E-state index in [0.717, 1.165) is 12.3 Å². The van der Waals surface area contributed by atoms with Gasteiger partial charge in [0.1, 0.15) is 23.0 Å². The summed E-state index contributed by atoms with van der Waals surface area (Å²) in [4.78, 5) is 25.9. The lowest BCUT2D eigenvalue weighted by Crippen LogP contribution is -2.32. The number of ether oxygens (including phenoxy) is 1. The smallest absolute Gasteiger partial charge is 0.388 e. The van der Waals surface area contributed by atoms with E-state index in [1.165, 1.54) is 29.2 Å². The summed E-state index contributed by atoms with van der Waals surface area (Å²) in [6.45, 7) is 2.03. The monoisotopic (exact) mass is 458 g/mol. The Morgan fingerprint density at radius 2 is 2.03 bits per heavy atom. The molecule has 0 spiro atoms. The standard InChI is InChI=1S/C21H17F3N6O3/c1-10-13(6-27-29-10)19-18-12(20(32)30(9-26-18)15-7-33-8-16(15)31)4-14(28-19)11-2-3-17(25-5-11)21(22,23)24/h2-6,9,15-16,31H,7-8H2,1H3,(H,27,29)/t15-,16+/m0/s1. The fourth-order valence-electron chi connectivity index (χ4n) is 3.82. The molecule has 5 heterocycles. The lowest BCUT2D eigenvalue weighted by molar-refractivity contribution is -0.141. The summed E-state index contributed by atoms with van der Waals surface area (Å²) in [6, 6.07) is 2.97. The van der Waals surface area contributed by atoms with Gasteiger partial charge in [0.05, 0.1) is 42.9 Å². The molecule has 1 saturated heterocycles. The first-order valence-electron chi connectivity index (χ1n) is 9.95. The second-order valence-electron chi connectivity index (χ2n) is 7.72. The number of alkyl halides is 3. The first kappa shape index (κ1) is 21.2. The summed E-state index contributed by atoms with van der Waals surface area (Å²) in [5.41, 5.74) is 1.01. The number of fused-ring (bicyclic) bond motifs is 1. The Balaban J connectivity index is 1.74. The minimum atomic E-state index is -4.57. The maximum atomic E-state index is 13.4. The number of nitrogens with one attached hydrogen (secondary N) is 1. The van der Waals surface area contributed by atoms with Gasteiger partial charge in [-0.25, -0.2) is 9.97 Å². The Bertz CT molecular complexity index is 1400. The second kappa shape index (κ2) is 7.74. The number of hydrogen-bond donors (Lipinski definition) is 2. The van der Waals surface area contributed by atoms with Crippen LogP contribution >= 0.6 is 0 Å². The van der Waals surface area contributed by atoms with Crippen molar-refractivity contribution in [2.24, 2.45) is 0 Å². The first-order valence-corrected chi connectivity index (χ1v) is 9.95. The van der Waals surface area contributed by atoms with Gasteiger partial charge in [0.15, 0.2) is 0 Å². The highest BCUT2D eigenvalue weighted by Crippen LogP contribution is 2.32. The summed E-state index contributed by atoms with van der Waals surface area (Å²) in [6.07, 6.45) is -1.50. The third kappa shape index (κ3) is 3.66. The van der Waals surface area contributed by atoms with Gasteiger partial charge >= 0.3 is 6.18 Å². The lowest BCUT2D eigenvalue weighted by Gasteiger charge is -2.17. The van der Waals surface area contributed by atoms with Crippen LogP contribution in [0.3, 0.4) is 0 Å². The molecule has 0 amide bonds. The van der Waals surface area contributed by atoms with Crippen molar-refractivity contribution in [2.75, 3.05) is 13.2 Å². The molecule has 170 valence electrons. The van der Waals surface area contributed by atoms with Gasteiger partial charge < -0.3 is 9.84 Å². The Kier molecular flexibility index (Phi) is 4.98. The van der Waals surface area contributed by atoms with E-state index in [4.69, 9.17) is 4.74 Å². The molecule has 9 nitrogen and oxygen atoms in total. The van der Waals surface area contributed by atoms with Gasteiger partial charge in [0.2, 0.25) is 0 Å². The molecule has 33 heavy (non-hydrogen) atoms. The van der Waals surface area contributed by atoms with Crippen LogP contribution < -0.4 is 5.56 Å². The first-order chi connectivity index (χ1) is 15.7. The molecule has 2 N–H and O–H groups in total. The Morgan fingerprint density at radius 1 is 1.21 bits per heavy atom. The van der Waals surface area contributed by atoms with Crippen LogP contribution in [0, 0.1) is 6.92 Å². The molecular weight excluding hydrogens is 441 g/mol. The number of aryl methyl sites for hydroxylation is 1. The summed E-state index contributed by atoms with van der Waals surface area (Å²) >= 11 is 0. The molecule has 1 aliphatic heterocycles. The van der Waals surface area contributed by atoms with Crippen molar-refractivity contribution in [1.82, 2.24) is 29.7 Å². The van der Waals surface area contributed by atoms with Crippen molar-refractivity contribution in [3.8, 4) is 22.5 Å². The summed E-state index contributed by atoms with van der Waals surface area (Å²) < 4.78 is 45.4. The molecule has 12 heteroatoms. The van der Waals surface area contributed by atoms with Gasteiger partial charge in [-0.2, -0.15) is 18.3 Å². The maximum Gasteiger partial charge on any atom is 0.433 e. The molecule has 0 aliphatic carbocycles. The van der Waals surface area contributed by atoms with Crippen molar-refractivity contribution >= 4 is 10.9 Å². The van der Waals surface area contributed by atoms with Crippen LogP contribution in [0.5, 0.6) is 0 Å². The molecule has 0 saturated carbocycles. The third-order valence-corrected chi connectivity index (χ3v) is 5.58. The number of pyridine rings is 2. The number of aliphatic hydroxyl groups excluding tert-OH is 1. The van der Waals surface area contributed by atoms with Crippen LogP contribution in [0.1, 0.15) is 17.4 Å². The van der Waals surface area contributed by atoms with E-state index in [1.807, 2.05) is 0 Å². The quantitative estimate of drug-likeness (QED) is 0.484. The number of rotatable bonds is 3. The molecule has 2 atom stereocenters. The molecule has 0 unspecified atom stereocenters. The number of aromatic nitrogens is 6. The SMILES string of the molecule is Cc1[nH]ncc1-c1nc(-c2ccc(C(F)(F)F)nc2)cc2c(=O)n([C@H]3COC[C@H]3O)cnc12. The summed E-state index contributed by atoms with van der Waals surface area (Å²) in [5.74, 6) is 0. The highest BCUT2D eigenvalue weighted by atomic mass is 19.4. The van der Waals surface area contributed by atoms with E-state index in [1.54, 1.807) is 6.92 Å². The van der Waals surface area contributed by atoms with Gasteiger partial charge in [-0.1, -0.05) is 0 Å². The van der Waals surface area contributed by atoms with Crippen molar-refractivity contribution in [2.45, 2.75) is 25.2 Å². The topological polar surface area (TPSA) is 119 Å². The Morgan fingerprint density at radius 3 is 2.64 bits per heavy atom. The molecule has 4 aromatic heterocycles. The number of aromatic amines is 1. The number of halogens is 3. The van der Waals surface area contributed by atoms with Gasteiger partial charge in [-0.05, 0) is 25.1 Å². The molecule has 0 bridgehead atoms. The van der Waals surface area contributed by atoms with Crippen molar-refractivity contribution < 1.29 is 23.0 Å². The van der Waals surface area contributed by atoms with Crippen LogP contribution in [-0.4, -0.2) is 54.1 Å². The van der Waals surface area contributed by atoms with E-state index in [2.05, 4.69) is 25.1 Å². The minimum Gasteiger partial charge on any atom is -0.388 e. The number of nitrogens with zero attached hydrogens (tertiary/aromatic N) is 5. The normalized spacial score (nSPS) is 18.8. The zero-order valence-corrected chi connectivity index (χ0v) is 17.2. The largest absolute Gasteiger partial charge is 0.433 e. The van der Waals surface area contributed by atoms with E-state index < -0.39 is 29.6 Å². The highest BCUT2D eigenvalue weighted by Gasteiger charge is 2.32. The van der Waals surface area contributed by atoms with E-state index >= 15 is 0 Å². The molecule has 1 fully saturated rings. The lowest BCUT2D eigenvalue weighted by atomic mass is 10.1. The maximum absolute atomic E-state index is 13.4. The second-order valence-corrected chi connectivity index (χ2v) is 7.72. The van der Waals surface area contributed by atoms with Crippen LogP contribution in [-0.2, 0) is 10.9 Å². The summed E-state index contributed by atoms with van der Waals surface area (Å²) in [7, 11) is 0. The van der Waals surface area contributed by atoms with E-state index in [-0.39, 0.29) is 24.3 Å². The van der Waals surface area contributed by atoms with Gasteiger partial charge in [-0.15, -0.1) is 0 Å². The molecule has 1 aliphatic rings. The predicted molar refractivity (Wildman–Crippen MR) is 110 cm³/mol. The molecule has 0 aromatic carbocycles. The fourth-order valence-corrected chi connectivity index (χ4v) is 3.82. The van der Waals surface area contributed by atoms with Crippen LogP contribution in [0.4, 0.5) is 13.2 Å². The predicted octanol–water partition coefficient (Wildman–Crippen LogP) is 2.50. The molecule has 0 radical (unpaired) electrons. The zero-order valence-electron chi connectivity index (χ0n) is 17.2. The number of aliphatic hydroxyl groups is 1. The average molecular weight is 458 g/mol. The van der Waals surface area contributed by atoms with Gasteiger partial charge in [0, 0.05) is 23.0 Å². The summed E-state index contributed by atoms with van der Waals surface area (Å²) in [5, 5.41) is 17.2. The fraction of sp³-hybridized carbons (Fsp3) is 0.286. The number of H-pyrrole nitrogens is 1. The van der Waals surface area contributed by atoms with E-state index in [0.29, 0.717) is 28.0 Å². The van der Waals surface area contributed by atoms with Crippen LogP contribution in [0.2, 0.25) is 0 Å². The van der Waals surface area contributed by atoms with Gasteiger partial charge in [-0.3, -0.25) is 19.4 Å². The highest BCUT2D eigenvalue weighted by molar-refractivity contribution is 5.93. The van der Waals surface area contributed by atoms with Crippen LogP contribution in [0.15, 0.2) is 41.7 Å².